The molecule has 1 aromatic carbocycles. The van der Waals surface area contributed by atoms with Crippen LogP contribution >= 0.6 is 12.4 Å². The molecule has 1 saturated heterocycles. The van der Waals surface area contributed by atoms with Crippen LogP contribution in [0.5, 0.6) is 11.5 Å². The molecule has 0 saturated carbocycles. The topological polar surface area (TPSA) is 33.7 Å². The number of hydrogen-bond donors (Lipinski definition) is 1. The van der Waals surface area contributed by atoms with Gasteiger partial charge >= 0.3 is 0 Å². The van der Waals surface area contributed by atoms with Gasteiger partial charge in [-0.25, -0.2) is 0 Å². The maximum absolute atomic E-state index is 5.51. The van der Waals surface area contributed by atoms with E-state index >= 15 is 0 Å². The van der Waals surface area contributed by atoms with Crippen molar-refractivity contribution >= 4 is 12.4 Å². The second-order valence-corrected chi connectivity index (χ2v) is 4.18. The van der Waals surface area contributed by atoms with Crippen LogP contribution in [-0.4, -0.2) is 37.9 Å². The van der Waals surface area contributed by atoms with E-state index in [0.717, 1.165) is 44.2 Å². The number of para-hydroxylation sites is 1. The number of rotatable bonds is 2. The summed E-state index contributed by atoms with van der Waals surface area (Å²) in [6.45, 7) is 5.66. The summed E-state index contributed by atoms with van der Waals surface area (Å²) in [5.74, 6) is 1.81. The lowest BCUT2D eigenvalue weighted by Crippen LogP contribution is -2.42. The minimum Gasteiger partial charge on any atom is -0.454 e. The molecule has 17 heavy (non-hydrogen) atoms. The molecular formula is C12H17ClN2O2. The Balaban J connectivity index is 0.00000108. The first-order chi connectivity index (χ1) is 7.93. The molecule has 2 heterocycles. The fourth-order valence-corrected chi connectivity index (χ4v) is 2.23. The zero-order valence-electron chi connectivity index (χ0n) is 9.65. The molecule has 0 aromatic heterocycles. The fourth-order valence-electron chi connectivity index (χ4n) is 2.23. The van der Waals surface area contributed by atoms with E-state index in [1.807, 2.05) is 12.1 Å². The van der Waals surface area contributed by atoms with Gasteiger partial charge in [-0.2, -0.15) is 0 Å². The van der Waals surface area contributed by atoms with Gasteiger partial charge in [0.2, 0.25) is 6.79 Å². The molecule has 0 atom stereocenters. The molecule has 2 aliphatic rings. The quantitative estimate of drug-likeness (QED) is 0.863. The summed E-state index contributed by atoms with van der Waals surface area (Å²) >= 11 is 0. The van der Waals surface area contributed by atoms with Gasteiger partial charge in [0, 0.05) is 38.3 Å². The van der Waals surface area contributed by atoms with Gasteiger partial charge in [0.05, 0.1) is 0 Å². The highest BCUT2D eigenvalue weighted by Crippen LogP contribution is 2.35. The second-order valence-electron chi connectivity index (χ2n) is 4.18. The van der Waals surface area contributed by atoms with Crippen LogP contribution in [0.15, 0.2) is 18.2 Å². The third-order valence-electron chi connectivity index (χ3n) is 3.08. The summed E-state index contributed by atoms with van der Waals surface area (Å²) in [7, 11) is 0. The van der Waals surface area contributed by atoms with E-state index in [4.69, 9.17) is 9.47 Å². The van der Waals surface area contributed by atoms with Crippen LogP contribution in [-0.2, 0) is 6.54 Å². The number of fused-ring (bicyclic) bond motifs is 1. The Labute approximate surface area is 107 Å². The van der Waals surface area contributed by atoms with E-state index in [1.54, 1.807) is 0 Å². The molecule has 0 radical (unpaired) electrons. The number of benzene rings is 1. The molecule has 1 fully saturated rings. The van der Waals surface area contributed by atoms with Crippen molar-refractivity contribution in [1.29, 1.82) is 0 Å². The van der Waals surface area contributed by atoms with Crippen molar-refractivity contribution < 1.29 is 9.47 Å². The normalized spacial score (nSPS) is 18.8. The molecule has 94 valence electrons. The van der Waals surface area contributed by atoms with E-state index in [2.05, 4.69) is 16.3 Å². The van der Waals surface area contributed by atoms with Crippen LogP contribution in [0.4, 0.5) is 0 Å². The van der Waals surface area contributed by atoms with Gasteiger partial charge in [-0.05, 0) is 6.07 Å². The molecule has 4 nitrogen and oxygen atoms in total. The first kappa shape index (κ1) is 12.5. The number of nitrogens with zero attached hydrogens (tertiary/aromatic N) is 1. The molecule has 1 aromatic rings. The van der Waals surface area contributed by atoms with Gasteiger partial charge < -0.3 is 14.8 Å². The van der Waals surface area contributed by atoms with Crippen LogP contribution in [0.25, 0.3) is 0 Å². The highest BCUT2D eigenvalue weighted by atomic mass is 35.5. The number of piperazine rings is 1. The molecule has 2 aliphatic heterocycles. The molecule has 3 rings (SSSR count). The Morgan fingerprint density at radius 3 is 2.82 bits per heavy atom. The fraction of sp³-hybridized carbons (Fsp3) is 0.500. The van der Waals surface area contributed by atoms with Crippen LogP contribution in [0.2, 0.25) is 0 Å². The summed E-state index contributed by atoms with van der Waals surface area (Å²) in [6.07, 6.45) is 0. The molecule has 0 aliphatic carbocycles. The lowest BCUT2D eigenvalue weighted by Gasteiger charge is -2.27. The maximum Gasteiger partial charge on any atom is 0.231 e. The number of nitrogens with one attached hydrogen (secondary N) is 1. The van der Waals surface area contributed by atoms with E-state index < -0.39 is 0 Å². The summed E-state index contributed by atoms with van der Waals surface area (Å²) < 4.78 is 10.9. The Kier molecular flexibility index (Phi) is 4.10. The molecular weight excluding hydrogens is 240 g/mol. The maximum atomic E-state index is 5.51. The molecule has 5 heteroatoms. The van der Waals surface area contributed by atoms with Crippen molar-refractivity contribution in [3.63, 3.8) is 0 Å². The highest BCUT2D eigenvalue weighted by molar-refractivity contribution is 5.85. The van der Waals surface area contributed by atoms with Gasteiger partial charge in [-0.15, -0.1) is 12.4 Å². The van der Waals surface area contributed by atoms with E-state index in [-0.39, 0.29) is 12.4 Å². The molecule has 0 unspecified atom stereocenters. The largest absolute Gasteiger partial charge is 0.454 e. The van der Waals surface area contributed by atoms with Gasteiger partial charge in [0.15, 0.2) is 11.5 Å². The Morgan fingerprint density at radius 1 is 1.18 bits per heavy atom. The van der Waals surface area contributed by atoms with Crippen molar-refractivity contribution in [3.05, 3.63) is 23.8 Å². The predicted octanol–water partition coefficient (Wildman–Crippen LogP) is 1.24. The SMILES string of the molecule is Cl.c1cc(CN2CCNCC2)c2c(c1)OCO2. The minimum atomic E-state index is 0. The summed E-state index contributed by atoms with van der Waals surface area (Å²) in [5, 5.41) is 3.36. The van der Waals surface area contributed by atoms with Crippen molar-refractivity contribution in [2.75, 3.05) is 33.0 Å². The summed E-state index contributed by atoms with van der Waals surface area (Å²) in [4.78, 5) is 2.44. The lowest BCUT2D eigenvalue weighted by atomic mass is 10.1. The average Bonchev–Trinajstić information content (AvgIpc) is 2.80. The van der Waals surface area contributed by atoms with Gasteiger partial charge in [-0.1, -0.05) is 12.1 Å². The molecule has 0 bridgehead atoms. The minimum absolute atomic E-state index is 0. The van der Waals surface area contributed by atoms with E-state index in [1.165, 1.54) is 5.56 Å². The van der Waals surface area contributed by atoms with Crippen molar-refractivity contribution in [2.24, 2.45) is 0 Å². The second kappa shape index (κ2) is 5.58. The van der Waals surface area contributed by atoms with Crippen LogP contribution in [0, 0.1) is 0 Å². The average molecular weight is 257 g/mol. The van der Waals surface area contributed by atoms with Gasteiger partial charge in [0.25, 0.3) is 0 Å². The van der Waals surface area contributed by atoms with Gasteiger partial charge in [0.1, 0.15) is 0 Å². The third-order valence-corrected chi connectivity index (χ3v) is 3.08. The third kappa shape index (κ3) is 2.65. The zero-order chi connectivity index (χ0) is 10.8. The monoisotopic (exact) mass is 256 g/mol. The van der Waals surface area contributed by atoms with Crippen LogP contribution in [0.1, 0.15) is 5.56 Å². The molecule has 0 spiro atoms. The highest BCUT2D eigenvalue weighted by Gasteiger charge is 2.19. The van der Waals surface area contributed by atoms with E-state index in [9.17, 15) is 0 Å². The smallest absolute Gasteiger partial charge is 0.231 e. The van der Waals surface area contributed by atoms with Gasteiger partial charge in [-0.3, -0.25) is 4.90 Å². The van der Waals surface area contributed by atoms with Crippen molar-refractivity contribution in [3.8, 4) is 11.5 Å². The summed E-state index contributed by atoms with van der Waals surface area (Å²) in [6, 6.07) is 6.12. The zero-order valence-corrected chi connectivity index (χ0v) is 10.5. The molecule has 0 amide bonds. The Hall–Kier alpha value is -0.970. The van der Waals surface area contributed by atoms with Crippen molar-refractivity contribution in [1.82, 2.24) is 10.2 Å². The lowest BCUT2D eigenvalue weighted by molar-refractivity contribution is 0.171. The van der Waals surface area contributed by atoms with Crippen LogP contribution in [0.3, 0.4) is 0 Å². The standard InChI is InChI=1S/C12H16N2O2.ClH/c1-2-10(8-14-6-4-13-5-7-14)12-11(3-1)15-9-16-12;/h1-3,13H,4-9H2;1H. The number of hydrogen-bond acceptors (Lipinski definition) is 4. The number of halogens is 1. The Morgan fingerprint density at radius 2 is 2.00 bits per heavy atom. The predicted molar refractivity (Wildman–Crippen MR) is 68.0 cm³/mol. The van der Waals surface area contributed by atoms with Crippen molar-refractivity contribution in [2.45, 2.75) is 6.54 Å². The first-order valence-corrected chi connectivity index (χ1v) is 5.74. The molecule has 1 N–H and O–H groups in total. The summed E-state index contributed by atoms with van der Waals surface area (Å²) in [5.41, 5.74) is 1.23. The Bertz CT molecular complexity index is 381. The van der Waals surface area contributed by atoms with E-state index in [0.29, 0.717) is 6.79 Å². The number of ether oxygens (including phenoxy) is 2. The van der Waals surface area contributed by atoms with Crippen LogP contribution < -0.4 is 14.8 Å². The first-order valence-electron chi connectivity index (χ1n) is 5.74.